The van der Waals surface area contributed by atoms with Gasteiger partial charge in [0, 0.05) is 12.0 Å². The molecule has 0 aliphatic rings. The minimum atomic E-state index is -0.0396. The summed E-state index contributed by atoms with van der Waals surface area (Å²) in [6, 6.07) is 16.4. The van der Waals surface area contributed by atoms with Gasteiger partial charge in [-0.1, -0.05) is 69.3 Å². The number of aromatic nitrogens is 7. The number of nitrogens with zero attached hydrogens (tertiary/aromatic N) is 6. The van der Waals surface area contributed by atoms with Gasteiger partial charge in [0.15, 0.2) is 5.82 Å². The molecule has 0 bridgehead atoms. The first kappa shape index (κ1) is 21.7. The van der Waals surface area contributed by atoms with Crippen LogP contribution >= 0.6 is 0 Å². The van der Waals surface area contributed by atoms with Crippen LogP contribution in [0.4, 0.5) is 0 Å². The van der Waals surface area contributed by atoms with Gasteiger partial charge in [0.2, 0.25) is 0 Å². The fourth-order valence-electron chi connectivity index (χ4n) is 3.78. The smallest absolute Gasteiger partial charge is 0.274 e. The van der Waals surface area contributed by atoms with Crippen LogP contribution in [0.25, 0.3) is 22.5 Å². The Morgan fingerprint density at radius 1 is 1.00 bits per heavy atom. The second-order valence-electron chi connectivity index (χ2n) is 8.58. The van der Waals surface area contributed by atoms with Crippen LogP contribution in [0, 0.1) is 5.92 Å². The van der Waals surface area contributed by atoms with Gasteiger partial charge >= 0.3 is 5.69 Å². The molecular formula is C24H29N7O. The molecule has 0 fully saturated rings. The topological polar surface area (TPSA) is 94.3 Å². The number of tetrazole rings is 1. The number of hydrogen-bond donors (Lipinski definition) is 1. The molecule has 4 aromatic rings. The highest BCUT2D eigenvalue weighted by Crippen LogP contribution is 2.29. The van der Waals surface area contributed by atoms with Gasteiger partial charge in [0.25, 0.3) is 0 Å². The minimum absolute atomic E-state index is 0.0396. The van der Waals surface area contributed by atoms with Crippen LogP contribution in [0.1, 0.15) is 51.5 Å². The zero-order valence-corrected chi connectivity index (χ0v) is 19.0. The monoisotopic (exact) mass is 431 g/mol. The lowest BCUT2D eigenvalue weighted by molar-refractivity contribution is 0.455. The van der Waals surface area contributed by atoms with Crippen molar-refractivity contribution < 1.29 is 0 Å². The van der Waals surface area contributed by atoms with Crippen LogP contribution in [0.3, 0.4) is 0 Å². The fourth-order valence-corrected chi connectivity index (χ4v) is 3.78. The van der Waals surface area contributed by atoms with Crippen molar-refractivity contribution in [3.8, 4) is 22.5 Å². The quantitative estimate of drug-likeness (QED) is 0.453. The first-order chi connectivity index (χ1) is 15.5. The molecule has 1 atom stereocenters. The molecule has 8 heteroatoms. The number of aromatic amines is 1. The molecule has 2 aromatic heterocycles. The molecule has 0 aliphatic carbocycles. The highest BCUT2D eigenvalue weighted by molar-refractivity contribution is 5.80. The Kier molecular flexibility index (Phi) is 6.30. The molecule has 1 N–H and O–H groups in total. The maximum Gasteiger partial charge on any atom is 0.346 e. The Hall–Kier alpha value is -3.55. The van der Waals surface area contributed by atoms with E-state index in [1.54, 1.807) is 4.68 Å². The van der Waals surface area contributed by atoms with Crippen molar-refractivity contribution in [3.05, 3.63) is 70.4 Å². The maximum atomic E-state index is 13.1. The lowest BCUT2D eigenvalue weighted by Crippen LogP contribution is -2.28. The lowest BCUT2D eigenvalue weighted by atomic mass is 9.98. The van der Waals surface area contributed by atoms with Crippen LogP contribution in [-0.4, -0.2) is 35.0 Å². The van der Waals surface area contributed by atoms with E-state index in [1.807, 2.05) is 35.8 Å². The highest BCUT2D eigenvalue weighted by Gasteiger charge is 2.18. The number of hydrogen-bond acceptors (Lipinski definition) is 5. The third kappa shape index (κ3) is 4.39. The molecule has 0 spiro atoms. The molecule has 0 amide bonds. The summed E-state index contributed by atoms with van der Waals surface area (Å²) >= 11 is 0. The molecule has 4 rings (SSSR count). The molecule has 1 unspecified atom stereocenters. The van der Waals surface area contributed by atoms with Crippen molar-refractivity contribution >= 4 is 0 Å². The van der Waals surface area contributed by atoms with Crippen LogP contribution in [0.5, 0.6) is 0 Å². The van der Waals surface area contributed by atoms with Gasteiger partial charge in [-0.25, -0.2) is 14.6 Å². The first-order valence-corrected chi connectivity index (χ1v) is 11.1. The molecule has 0 saturated heterocycles. The number of nitrogens with one attached hydrogen (secondary N) is 1. The molecule has 166 valence electrons. The SMILES string of the molecule is CCC(C)n1nc(CC(C)C)n(Cc2ccc(-c3ccccc3-c3nnn[nH]3)cc2)c1=O. The zero-order chi connectivity index (χ0) is 22.7. The summed E-state index contributed by atoms with van der Waals surface area (Å²) in [5.74, 6) is 1.90. The average molecular weight is 432 g/mol. The van der Waals surface area contributed by atoms with E-state index < -0.39 is 0 Å². The summed E-state index contributed by atoms with van der Waals surface area (Å²) in [5, 5.41) is 18.9. The van der Waals surface area contributed by atoms with Crippen LogP contribution in [0.15, 0.2) is 53.3 Å². The Morgan fingerprint density at radius 3 is 2.34 bits per heavy atom. The zero-order valence-electron chi connectivity index (χ0n) is 19.0. The Balaban J connectivity index is 1.65. The standard InChI is InChI=1S/C24H29N7O/c1-5-17(4)31-24(32)30(22(27-31)14-16(2)3)15-18-10-12-19(13-11-18)20-8-6-7-9-21(20)23-25-28-29-26-23/h6-13,16-17H,5,14-15H2,1-4H3,(H,25,26,28,29). The summed E-state index contributed by atoms with van der Waals surface area (Å²) in [5.41, 5.74) is 4.06. The molecule has 32 heavy (non-hydrogen) atoms. The van der Waals surface area contributed by atoms with Gasteiger partial charge in [-0.15, -0.1) is 5.10 Å². The third-order valence-corrected chi connectivity index (χ3v) is 5.69. The predicted molar refractivity (Wildman–Crippen MR) is 124 cm³/mol. The molecule has 2 aromatic carbocycles. The lowest BCUT2D eigenvalue weighted by Gasteiger charge is -2.10. The van der Waals surface area contributed by atoms with E-state index in [0.29, 0.717) is 18.3 Å². The van der Waals surface area contributed by atoms with Gasteiger partial charge in [-0.3, -0.25) is 4.57 Å². The van der Waals surface area contributed by atoms with Gasteiger partial charge in [0.05, 0.1) is 12.6 Å². The van der Waals surface area contributed by atoms with Crippen molar-refractivity contribution in [1.29, 1.82) is 0 Å². The molecule has 2 heterocycles. The Bertz CT molecular complexity index is 1220. The summed E-state index contributed by atoms with van der Waals surface area (Å²) in [6.07, 6.45) is 1.64. The van der Waals surface area contributed by atoms with E-state index in [4.69, 9.17) is 0 Å². The van der Waals surface area contributed by atoms with Crippen molar-refractivity contribution in [1.82, 2.24) is 35.0 Å². The van der Waals surface area contributed by atoms with Crippen molar-refractivity contribution in [2.45, 2.75) is 53.1 Å². The van der Waals surface area contributed by atoms with Gasteiger partial charge < -0.3 is 0 Å². The highest BCUT2D eigenvalue weighted by atomic mass is 16.2. The van der Waals surface area contributed by atoms with Gasteiger partial charge in [-0.2, -0.15) is 5.10 Å². The Morgan fingerprint density at radius 2 is 1.72 bits per heavy atom. The minimum Gasteiger partial charge on any atom is -0.274 e. The van der Waals surface area contributed by atoms with Crippen LogP contribution < -0.4 is 5.69 Å². The second kappa shape index (κ2) is 9.30. The van der Waals surface area contributed by atoms with Crippen molar-refractivity contribution in [2.24, 2.45) is 5.92 Å². The molecule has 8 nitrogen and oxygen atoms in total. The molecule has 0 radical (unpaired) electrons. The fraction of sp³-hybridized carbons (Fsp3) is 0.375. The summed E-state index contributed by atoms with van der Waals surface area (Å²) in [4.78, 5) is 13.1. The van der Waals surface area contributed by atoms with E-state index in [1.165, 1.54) is 0 Å². The van der Waals surface area contributed by atoms with Gasteiger partial charge in [0.1, 0.15) is 5.82 Å². The van der Waals surface area contributed by atoms with E-state index in [0.717, 1.165) is 40.9 Å². The third-order valence-electron chi connectivity index (χ3n) is 5.69. The van der Waals surface area contributed by atoms with Crippen LogP contribution in [-0.2, 0) is 13.0 Å². The summed E-state index contributed by atoms with van der Waals surface area (Å²) in [6.45, 7) is 8.91. The Labute approximate surface area is 187 Å². The number of H-pyrrole nitrogens is 1. The normalized spacial score (nSPS) is 12.4. The van der Waals surface area contributed by atoms with E-state index in [-0.39, 0.29) is 11.7 Å². The summed E-state index contributed by atoms with van der Waals surface area (Å²) < 4.78 is 3.45. The van der Waals surface area contributed by atoms with Crippen LogP contribution in [0.2, 0.25) is 0 Å². The molecule has 0 aliphatic heterocycles. The van der Waals surface area contributed by atoms with Crippen molar-refractivity contribution in [3.63, 3.8) is 0 Å². The molecule has 0 saturated carbocycles. The van der Waals surface area contributed by atoms with Gasteiger partial charge in [-0.05, 0) is 46.4 Å². The molecular weight excluding hydrogens is 402 g/mol. The second-order valence-corrected chi connectivity index (χ2v) is 8.58. The predicted octanol–water partition coefficient (Wildman–Crippen LogP) is 4.11. The first-order valence-electron chi connectivity index (χ1n) is 11.1. The largest absolute Gasteiger partial charge is 0.346 e. The van der Waals surface area contributed by atoms with E-state index >= 15 is 0 Å². The van der Waals surface area contributed by atoms with Crippen molar-refractivity contribution in [2.75, 3.05) is 0 Å². The van der Waals surface area contributed by atoms with E-state index in [9.17, 15) is 4.79 Å². The van der Waals surface area contributed by atoms with E-state index in [2.05, 4.69) is 70.8 Å². The maximum absolute atomic E-state index is 13.1. The number of rotatable bonds is 8. The summed E-state index contributed by atoms with van der Waals surface area (Å²) in [7, 11) is 0. The average Bonchev–Trinajstić information content (AvgIpc) is 3.43. The number of benzene rings is 2.